The van der Waals surface area contributed by atoms with Crippen LogP contribution in [0, 0.1) is 10.1 Å². The monoisotopic (exact) mass is 516 g/mol. The number of alkyl halides is 4. The van der Waals surface area contributed by atoms with Crippen LogP contribution in [0.15, 0.2) is 65.7 Å². The zero-order valence-electron chi connectivity index (χ0n) is 15.2. The van der Waals surface area contributed by atoms with Crippen LogP contribution in [0.3, 0.4) is 0 Å². The van der Waals surface area contributed by atoms with Crippen molar-refractivity contribution in [2.24, 2.45) is 4.99 Å². The Morgan fingerprint density at radius 1 is 1.10 bits per heavy atom. The Hall–Kier alpha value is -2.52. The van der Waals surface area contributed by atoms with Gasteiger partial charge in [-0.3, -0.25) is 0 Å². The van der Waals surface area contributed by atoms with Gasteiger partial charge in [0, 0.05) is 35.1 Å². The van der Waals surface area contributed by atoms with E-state index in [2.05, 4.69) is 26.9 Å². The summed E-state index contributed by atoms with van der Waals surface area (Å²) in [5.74, 6) is -1.47. The molecule has 9 heteroatoms. The highest BCUT2D eigenvalue weighted by Crippen LogP contribution is 2.29. The molecule has 0 radical (unpaired) electrons. The van der Waals surface area contributed by atoms with Gasteiger partial charge < -0.3 is 5.32 Å². The molecule has 1 aliphatic rings. The lowest BCUT2D eigenvalue weighted by Gasteiger charge is -2.11. The average Bonchev–Trinajstić information content (AvgIpc) is 2.84. The van der Waals surface area contributed by atoms with Gasteiger partial charge in [0.15, 0.2) is 3.84 Å². The van der Waals surface area contributed by atoms with Crippen LogP contribution in [0.2, 0.25) is 0 Å². The molecule has 0 amide bonds. The molecule has 1 N–H and O–H groups in total. The summed E-state index contributed by atoms with van der Waals surface area (Å²) in [6.07, 6.45) is 0.265. The van der Waals surface area contributed by atoms with E-state index in [0.29, 0.717) is 32.4 Å². The van der Waals surface area contributed by atoms with Crippen molar-refractivity contribution in [1.82, 2.24) is 15.3 Å². The smallest absolute Gasteiger partial charge is 0.339 e. The molecular formula is C20H17F4IN4. The topological polar surface area (TPSA) is 50.2 Å². The number of aromatic nitrogens is 2. The molecule has 1 aliphatic heterocycles. The van der Waals surface area contributed by atoms with Gasteiger partial charge in [-0.05, 0) is 35.3 Å². The van der Waals surface area contributed by atoms with E-state index in [0.717, 1.165) is 11.1 Å². The van der Waals surface area contributed by atoms with Gasteiger partial charge in [0.05, 0.1) is 0 Å². The van der Waals surface area contributed by atoms with Crippen molar-refractivity contribution in [3.63, 3.8) is 0 Å². The lowest BCUT2D eigenvalue weighted by molar-refractivity contribution is -0.145. The van der Waals surface area contributed by atoms with Crippen LogP contribution in [-0.4, -0.2) is 13.8 Å². The van der Waals surface area contributed by atoms with E-state index in [4.69, 9.17) is 4.31 Å². The number of aliphatic imine (C=N–C) groups is 1. The maximum Gasteiger partial charge on any atom is 0.451 e. The van der Waals surface area contributed by atoms with Crippen LogP contribution in [0.25, 0.3) is 0 Å². The predicted molar refractivity (Wildman–Crippen MR) is 112 cm³/mol. The fourth-order valence-corrected chi connectivity index (χ4v) is 5.62. The minimum atomic E-state index is -4.57. The van der Waals surface area contributed by atoms with E-state index in [9.17, 15) is 17.6 Å². The normalized spacial score (nSPS) is 14.8. The number of benzene rings is 1. The predicted octanol–water partition coefficient (Wildman–Crippen LogP) is 5.22. The highest BCUT2D eigenvalue weighted by Gasteiger charge is 2.34. The lowest BCUT2D eigenvalue weighted by Crippen LogP contribution is -2.17. The second kappa shape index (κ2) is 8.87. The number of nitrogens with one attached hydrogen (secondary N) is 1. The van der Waals surface area contributed by atoms with E-state index in [1.54, 1.807) is 18.3 Å². The van der Waals surface area contributed by atoms with Gasteiger partial charge >= 0.3 is 6.18 Å². The molecule has 0 spiro atoms. The van der Waals surface area contributed by atoms with Gasteiger partial charge in [-0.2, -0.15) is 13.2 Å². The molecule has 1 aromatic carbocycles. The van der Waals surface area contributed by atoms with Crippen LogP contribution >= 0.6 is 19.1 Å². The van der Waals surface area contributed by atoms with E-state index in [1.807, 2.05) is 0 Å². The van der Waals surface area contributed by atoms with E-state index >= 15 is 0 Å². The molecule has 0 atom stereocenters. The highest BCUT2D eigenvalue weighted by atomic mass is 127. The van der Waals surface area contributed by atoms with E-state index in [1.165, 1.54) is 24.5 Å². The van der Waals surface area contributed by atoms with Crippen LogP contribution in [0.1, 0.15) is 23.4 Å². The van der Waals surface area contributed by atoms with Gasteiger partial charge in [0.2, 0.25) is 5.82 Å². The molecule has 0 bridgehead atoms. The number of halogens is 5. The number of rotatable bonds is 3. The van der Waals surface area contributed by atoms with Gasteiger partial charge in [-0.1, -0.05) is 37.9 Å². The minimum absolute atomic E-state index is 0.302. The third-order valence-electron chi connectivity index (χ3n) is 3.91. The maximum absolute atomic E-state index is 13.0. The Labute approximate surface area is 172 Å². The quantitative estimate of drug-likeness (QED) is 0.264. The molecule has 4 nitrogen and oxygen atoms in total. The second-order valence-corrected chi connectivity index (χ2v) is 10.4. The molecule has 0 fully saturated rings. The largest absolute Gasteiger partial charge is 0.451 e. The summed E-state index contributed by atoms with van der Waals surface area (Å²) in [6.45, 7) is 3.97. The standard InChI is InChI=1S/C20H17F4IN4/c1-13-7-15(8-16-11-26-18(27-12-16)20(22,23)24)10-28-19(29-13)25(2)9-14-3-5-17(21)6-4-14/h2-6,10-12H,1,7-9H2,(H,28,29). The molecule has 152 valence electrons. The summed E-state index contributed by atoms with van der Waals surface area (Å²) < 4.78 is 58.4. The Kier molecular flexibility index (Phi) is 6.49. The SMILES string of the molecule is C#I(Cc1ccc(F)cc1)C1=NC=C(Cc2cnc(C(F)(F)F)nc2)CC(=C)N1. The van der Waals surface area contributed by atoms with Crippen molar-refractivity contribution >= 4 is 23.0 Å². The van der Waals surface area contributed by atoms with Crippen LogP contribution in [0.5, 0.6) is 0 Å². The maximum atomic E-state index is 13.0. The first-order chi connectivity index (χ1) is 13.7. The van der Waals surface area contributed by atoms with Gasteiger partial charge in [0.25, 0.3) is 0 Å². The fourth-order valence-electron chi connectivity index (χ4n) is 2.58. The lowest BCUT2D eigenvalue weighted by atomic mass is 10.0. The number of nitrogens with zero attached hydrogens (tertiary/aromatic N) is 3. The van der Waals surface area contributed by atoms with Crippen LogP contribution < -0.4 is 5.32 Å². The molecule has 1 aromatic heterocycles. The molecule has 0 saturated heterocycles. The number of hydrogen-bond acceptors (Lipinski definition) is 4. The first-order valence-electron chi connectivity index (χ1n) is 8.43. The van der Waals surface area contributed by atoms with E-state index in [-0.39, 0.29) is 5.82 Å². The number of hydrogen-bond donors (Lipinski definition) is 1. The molecule has 3 rings (SSSR count). The summed E-state index contributed by atoms with van der Waals surface area (Å²) >= 11 is -2.16. The van der Waals surface area contributed by atoms with Crippen molar-refractivity contribution in [3.8, 4) is 4.31 Å². The van der Waals surface area contributed by atoms with Crippen molar-refractivity contribution in [2.45, 2.75) is 23.4 Å². The molecule has 0 unspecified atom stereocenters. The third-order valence-corrected chi connectivity index (χ3v) is 7.48. The van der Waals surface area contributed by atoms with Crippen molar-refractivity contribution in [2.75, 3.05) is 0 Å². The van der Waals surface area contributed by atoms with Crippen LogP contribution in [0.4, 0.5) is 17.6 Å². The van der Waals surface area contributed by atoms with Gasteiger partial charge in [0.1, 0.15) is 5.82 Å². The zero-order chi connectivity index (χ0) is 21.0. The Morgan fingerprint density at radius 3 is 2.38 bits per heavy atom. The summed E-state index contributed by atoms with van der Waals surface area (Å²) in [4.78, 5) is 11.2. The first kappa shape index (κ1) is 21.2. The molecule has 2 aromatic rings. The molecule has 0 saturated carbocycles. The molecule has 29 heavy (non-hydrogen) atoms. The Morgan fingerprint density at radius 2 is 1.76 bits per heavy atom. The van der Waals surface area contributed by atoms with E-state index < -0.39 is 31.1 Å². The fraction of sp³-hybridized carbons (Fsp3) is 0.200. The highest BCUT2D eigenvalue weighted by molar-refractivity contribution is 14.2. The summed E-state index contributed by atoms with van der Waals surface area (Å²) in [5, 5.41) is 3.15. The summed E-state index contributed by atoms with van der Waals surface area (Å²) in [6, 6.07) is 6.19. The second-order valence-electron chi connectivity index (χ2n) is 6.36. The van der Waals surface area contributed by atoms with Crippen molar-refractivity contribution < 1.29 is 17.6 Å². The summed E-state index contributed by atoms with van der Waals surface area (Å²) in [7, 11) is 0. The first-order valence-corrected chi connectivity index (χ1v) is 12.3. The van der Waals surface area contributed by atoms with Crippen LogP contribution in [-0.2, 0) is 17.0 Å². The minimum Gasteiger partial charge on any atom is -0.339 e. The van der Waals surface area contributed by atoms with Gasteiger partial charge in [-0.25, -0.2) is 19.4 Å². The summed E-state index contributed by atoms with van der Waals surface area (Å²) in [5.41, 5.74) is 3.04. The Balaban J connectivity index is 1.72. The number of amidine groups is 1. The van der Waals surface area contributed by atoms with Crippen molar-refractivity contribution in [1.29, 1.82) is 0 Å². The number of allylic oxidation sites excluding steroid dienone is 1. The molecular weight excluding hydrogens is 499 g/mol. The third kappa shape index (κ3) is 5.98. The van der Waals surface area contributed by atoms with Gasteiger partial charge in [-0.15, -0.1) is 4.31 Å². The Bertz CT molecular complexity index is 1030. The molecule has 0 aliphatic carbocycles. The zero-order valence-corrected chi connectivity index (χ0v) is 17.3. The molecule has 2 heterocycles. The average molecular weight is 516 g/mol. The van der Waals surface area contributed by atoms with Crippen molar-refractivity contribution in [3.05, 3.63) is 83.5 Å².